The van der Waals surface area contributed by atoms with Gasteiger partial charge in [0.05, 0.1) is 0 Å². The van der Waals surface area contributed by atoms with Crippen LogP contribution in [-0.2, 0) is 6.42 Å². The van der Waals surface area contributed by atoms with Crippen LogP contribution in [0.15, 0.2) is 18.2 Å². The third kappa shape index (κ3) is 1.17. The van der Waals surface area contributed by atoms with Gasteiger partial charge in [0.15, 0.2) is 0 Å². The number of benzene rings is 1. The lowest BCUT2D eigenvalue weighted by atomic mass is 9.72. The molecule has 3 rings (SSSR count). The maximum absolute atomic E-state index is 9.55. The molecule has 3 unspecified atom stereocenters. The molecule has 86 valence electrons. The third-order valence-electron chi connectivity index (χ3n) is 4.52. The smallest absolute Gasteiger partial charge is 0.115 e. The van der Waals surface area contributed by atoms with Gasteiger partial charge in [-0.2, -0.15) is 0 Å². The number of hydrogen-bond donors (Lipinski definition) is 2. The SMILES string of the molecule is CCC1c2ccc(O)cc2CC2NC21CC. The Kier molecular flexibility index (Phi) is 2.05. The second-order valence-corrected chi connectivity index (χ2v) is 5.14. The molecule has 0 spiro atoms. The van der Waals surface area contributed by atoms with Gasteiger partial charge in [-0.3, -0.25) is 0 Å². The molecule has 1 aliphatic carbocycles. The molecule has 0 bridgehead atoms. The average molecular weight is 217 g/mol. The number of rotatable bonds is 2. The zero-order valence-corrected chi connectivity index (χ0v) is 9.96. The summed E-state index contributed by atoms with van der Waals surface area (Å²) in [7, 11) is 0. The van der Waals surface area contributed by atoms with Gasteiger partial charge in [-0.1, -0.05) is 19.9 Å². The van der Waals surface area contributed by atoms with Crippen molar-refractivity contribution in [2.45, 2.75) is 50.6 Å². The lowest BCUT2D eigenvalue weighted by Gasteiger charge is -2.31. The first-order chi connectivity index (χ1) is 7.71. The van der Waals surface area contributed by atoms with Crippen molar-refractivity contribution in [1.82, 2.24) is 5.32 Å². The fourth-order valence-corrected chi connectivity index (χ4v) is 3.64. The van der Waals surface area contributed by atoms with Crippen molar-refractivity contribution in [3.63, 3.8) is 0 Å². The molecule has 0 aromatic heterocycles. The molecule has 1 aromatic rings. The van der Waals surface area contributed by atoms with Crippen molar-refractivity contribution >= 4 is 0 Å². The summed E-state index contributed by atoms with van der Waals surface area (Å²) >= 11 is 0. The minimum atomic E-state index is 0.360. The zero-order valence-electron chi connectivity index (χ0n) is 9.96. The van der Waals surface area contributed by atoms with Crippen LogP contribution in [0.1, 0.15) is 43.7 Å². The van der Waals surface area contributed by atoms with Crippen LogP contribution in [0.25, 0.3) is 0 Å². The van der Waals surface area contributed by atoms with Crippen molar-refractivity contribution in [3.05, 3.63) is 29.3 Å². The predicted molar refractivity (Wildman–Crippen MR) is 64.8 cm³/mol. The average Bonchev–Trinajstić information content (AvgIpc) is 2.99. The van der Waals surface area contributed by atoms with E-state index in [0.29, 0.717) is 23.2 Å². The number of hydrogen-bond acceptors (Lipinski definition) is 2. The first kappa shape index (κ1) is 10.2. The van der Waals surface area contributed by atoms with E-state index in [0.717, 1.165) is 6.42 Å². The molecule has 2 aliphatic rings. The van der Waals surface area contributed by atoms with Gasteiger partial charge < -0.3 is 10.4 Å². The first-order valence-corrected chi connectivity index (χ1v) is 6.30. The number of phenolic OH excluding ortho intramolecular Hbond substituents is 1. The van der Waals surface area contributed by atoms with Crippen molar-refractivity contribution < 1.29 is 5.11 Å². The number of fused-ring (bicyclic) bond motifs is 2. The summed E-state index contributed by atoms with van der Waals surface area (Å²) in [6.07, 6.45) is 3.46. The number of phenols is 1. The summed E-state index contributed by atoms with van der Waals surface area (Å²) in [6, 6.07) is 6.52. The standard InChI is InChI=1S/C14H19NO/c1-3-12-11-6-5-10(16)7-9(11)8-13-14(12,4-2)15-13/h5-7,12-13,15-16H,3-4,8H2,1-2H3. The monoisotopic (exact) mass is 217 g/mol. The van der Waals surface area contributed by atoms with Gasteiger partial charge in [-0.25, -0.2) is 0 Å². The summed E-state index contributed by atoms with van der Waals surface area (Å²) in [5, 5.41) is 13.2. The number of aromatic hydroxyl groups is 1. The third-order valence-corrected chi connectivity index (χ3v) is 4.52. The molecule has 0 saturated carbocycles. The van der Waals surface area contributed by atoms with E-state index in [2.05, 4.69) is 25.2 Å². The van der Waals surface area contributed by atoms with Crippen LogP contribution < -0.4 is 5.32 Å². The topological polar surface area (TPSA) is 42.2 Å². The van der Waals surface area contributed by atoms with Crippen LogP contribution in [0.5, 0.6) is 5.75 Å². The largest absolute Gasteiger partial charge is 0.508 e. The van der Waals surface area contributed by atoms with Crippen molar-refractivity contribution in [2.24, 2.45) is 0 Å². The van der Waals surface area contributed by atoms with Gasteiger partial charge in [0.25, 0.3) is 0 Å². The summed E-state index contributed by atoms with van der Waals surface area (Å²) in [6.45, 7) is 4.54. The van der Waals surface area contributed by atoms with Crippen LogP contribution in [0.3, 0.4) is 0 Å². The molecule has 16 heavy (non-hydrogen) atoms. The first-order valence-electron chi connectivity index (χ1n) is 6.30. The normalized spacial score (nSPS) is 35.4. The lowest BCUT2D eigenvalue weighted by Crippen LogP contribution is -2.31. The van der Waals surface area contributed by atoms with E-state index in [4.69, 9.17) is 0 Å². The molecule has 2 nitrogen and oxygen atoms in total. The van der Waals surface area contributed by atoms with Crippen LogP contribution in [-0.4, -0.2) is 16.7 Å². The lowest BCUT2D eigenvalue weighted by molar-refractivity contribution is 0.428. The molecule has 1 aromatic carbocycles. The summed E-state index contributed by atoms with van der Waals surface area (Å²) in [5.41, 5.74) is 3.15. The second-order valence-electron chi connectivity index (χ2n) is 5.14. The van der Waals surface area contributed by atoms with E-state index in [1.54, 1.807) is 0 Å². The van der Waals surface area contributed by atoms with Crippen molar-refractivity contribution in [2.75, 3.05) is 0 Å². The van der Waals surface area contributed by atoms with Gasteiger partial charge >= 0.3 is 0 Å². The predicted octanol–water partition coefficient (Wildman–Crippen LogP) is 2.56. The van der Waals surface area contributed by atoms with E-state index >= 15 is 0 Å². The fraction of sp³-hybridized carbons (Fsp3) is 0.571. The summed E-state index contributed by atoms with van der Waals surface area (Å²) in [4.78, 5) is 0. The van der Waals surface area contributed by atoms with E-state index in [9.17, 15) is 5.11 Å². The minimum absolute atomic E-state index is 0.360. The highest BCUT2D eigenvalue weighted by molar-refractivity contribution is 5.46. The Hall–Kier alpha value is -1.02. The van der Waals surface area contributed by atoms with Crippen molar-refractivity contribution in [3.8, 4) is 5.75 Å². The molecule has 2 N–H and O–H groups in total. The summed E-state index contributed by atoms with van der Waals surface area (Å²) in [5.74, 6) is 1.02. The van der Waals surface area contributed by atoms with Gasteiger partial charge in [-0.05, 0) is 42.5 Å². The number of nitrogens with one attached hydrogen (secondary N) is 1. The van der Waals surface area contributed by atoms with E-state index in [-0.39, 0.29) is 0 Å². The molecule has 3 atom stereocenters. The highest BCUT2D eigenvalue weighted by atomic mass is 16.3. The van der Waals surface area contributed by atoms with Gasteiger partial charge in [0.1, 0.15) is 5.75 Å². The molecule has 1 heterocycles. The molecular formula is C14H19NO. The van der Waals surface area contributed by atoms with Gasteiger partial charge in [-0.15, -0.1) is 0 Å². The Labute approximate surface area is 96.7 Å². The molecular weight excluding hydrogens is 198 g/mol. The second kappa shape index (κ2) is 3.24. The van der Waals surface area contributed by atoms with E-state index in [1.807, 2.05) is 12.1 Å². The molecule has 1 saturated heterocycles. The Morgan fingerprint density at radius 1 is 1.44 bits per heavy atom. The van der Waals surface area contributed by atoms with Crippen LogP contribution in [0, 0.1) is 0 Å². The quantitative estimate of drug-likeness (QED) is 0.748. The maximum Gasteiger partial charge on any atom is 0.115 e. The van der Waals surface area contributed by atoms with Crippen LogP contribution in [0.4, 0.5) is 0 Å². The van der Waals surface area contributed by atoms with Crippen LogP contribution >= 0.6 is 0 Å². The molecule has 1 fully saturated rings. The van der Waals surface area contributed by atoms with Crippen LogP contribution in [0.2, 0.25) is 0 Å². The molecule has 0 radical (unpaired) electrons. The molecule has 2 heteroatoms. The Morgan fingerprint density at radius 2 is 2.25 bits per heavy atom. The Morgan fingerprint density at radius 3 is 2.94 bits per heavy atom. The van der Waals surface area contributed by atoms with E-state index < -0.39 is 0 Å². The maximum atomic E-state index is 9.55. The highest BCUT2D eigenvalue weighted by Gasteiger charge is 2.59. The Bertz CT molecular complexity index is 429. The summed E-state index contributed by atoms with van der Waals surface area (Å²) < 4.78 is 0. The van der Waals surface area contributed by atoms with Gasteiger partial charge in [0, 0.05) is 17.5 Å². The van der Waals surface area contributed by atoms with E-state index in [1.165, 1.54) is 24.0 Å². The molecule has 0 amide bonds. The highest BCUT2D eigenvalue weighted by Crippen LogP contribution is 2.51. The minimum Gasteiger partial charge on any atom is -0.508 e. The van der Waals surface area contributed by atoms with Crippen molar-refractivity contribution in [1.29, 1.82) is 0 Å². The Balaban J connectivity index is 2.07. The van der Waals surface area contributed by atoms with Gasteiger partial charge in [0.2, 0.25) is 0 Å². The molecule has 1 aliphatic heterocycles. The fourth-order valence-electron chi connectivity index (χ4n) is 3.64. The zero-order chi connectivity index (χ0) is 11.3.